The molecule has 4 aromatic rings. The summed E-state index contributed by atoms with van der Waals surface area (Å²) < 4.78 is 8.36. The van der Waals surface area contributed by atoms with Gasteiger partial charge in [0.25, 0.3) is 0 Å². The first-order valence-electron chi connectivity index (χ1n) is 13.6. The highest BCUT2D eigenvalue weighted by Crippen LogP contribution is 2.39. The summed E-state index contributed by atoms with van der Waals surface area (Å²) in [5.74, 6) is 2.17. The molecule has 192 valence electrons. The summed E-state index contributed by atoms with van der Waals surface area (Å²) in [4.78, 5) is 14.3. The molecule has 2 fully saturated rings. The van der Waals surface area contributed by atoms with Crippen molar-refractivity contribution in [3.63, 3.8) is 0 Å². The number of hydrogen-bond acceptors (Lipinski definition) is 6. The van der Waals surface area contributed by atoms with E-state index in [1.165, 1.54) is 39.0 Å². The second kappa shape index (κ2) is 10.5. The second-order valence-corrected chi connectivity index (χ2v) is 10.3. The highest BCUT2D eigenvalue weighted by Gasteiger charge is 2.30. The largest absolute Gasteiger partial charge is 0.457 e. The van der Waals surface area contributed by atoms with Crippen LogP contribution < -0.4 is 10.5 Å². The summed E-state index contributed by atoms with van der Waals surface area (Å²) in [7, 11) is 0. The number of piperazine rings is 1. The predicted molar refractivity (Wildman–Crippen MR) is 149 cm³/mol. The fraction of sp³-hybridized carbons (Fsp3) is 0.400. The van der Waals surface area contributed by atoms with Gasteiger partial charge in [-0.05, 0) is 62.1 Å². The van der Waals surface area contributed by atoms with E-state index in [0.717, 1.165) is 53.0 Å². The SMILES string of the molecule is CCN1CCN([C@H]2CC[C@@H](n3cc(-c4ccc(Oc5ccccc5)cc4)c4c(N)ncnc43)CC2)CC1. The number of fused-ring (bicyclic) bond motifs is 1. The maximum absolute atomic E-state index is 6.41. The minimum absolute atomic E-state index is 0.430. The molecule has 1 saturated heterocycles. The molecule has 0 atom stereocenters. The van der Waals surface area contributed by atoms with Gasteiger partial charge in [-0.25, -0.2) is 9.97 Å². The number of aromatic nitrogens is 3. The molecular formula is C30H36N6O. The van der Waals surface area contributed by atoms with Crippen molar-refractivity contribution in [3.8, 4) is 22.6 Å². The maximum Gasteiger partial charge on any atom is 0.146 e. The first kappa shape index (κ1) is 23.9. The molecule has 6 rings (SSSR count). The van der Waals surface area contributed by atoms with Crippen molar-refractivity contribution in [1.29, 1.82) is 0 Å². The summed E-state index contributed by atoms with van der Waals surface area (Å²) >= 11 is 0. The molecule has 0 unspecified atom stereocenters. The highest BCUT2D eigenvalue weighted by molar-refractivity contribution is 6.00. The molecule has 2 aromatic carbocycles. The number of para-hydroxylation sites is 1. The number of benzene rings is 2. The zero-order valence-corrected chi connectivity index (χ0v) is 21.6. The number of rotatable bonds is 6. The lowest BCUT2D eigenvalue weighted by Crippen LogP contribution is -2.50. The number of ether oxygens (including phenoxy) is 1. The van der Waals surface area contributed by atoms with E-state index in [0.29, 0.717) is 17.9 Å². The smallest absolute Gasteiger partial charge is 0.146 e. The molecule has 1 aliphatic heterocycles. The lowest BCUT2D eigenvalue weighted by molar-refractivity contribution is 0.0742. The molecule has 1 aliphatic carbocycles. The lowest BCUT2D eigenvalue weighted by Gasteiger charge is -2.42. The Bertz CT molecular complexity index is 1320. The van der Waals surface area contributed by atoms with Crippen LogP contribution in [-0.4, -0.2) is 63.1 Å². The Morgan fingerprint density at radius 2 is 1.51 bits per heavy atom. The lowest BCUT2D eigenvalue weighted by atomic mass is 9.89. The van der Waals surface area contributed by atoms with Crippen LogP contribution in [0.3, 0.4) is 0 Å². The third-order valence-corrected chi connectivity index (χ3v) is 8.21. The molecule has 0 bridgehead atoms. The average molecular weight is 497 g/mol. The van der Waals surface area contributed by atoms with E-state index in [1.54, 1.807) is 6.33 Å². The number of nitrogens with zero attached hydrogens (tertiary/aromatic N) is 5. The topological polar surface area (TPSA) is 72.4 Å². The number of anilines is 1. The van der Waals surface area contributed by atoms with Gasteiger partial charge in [-0.2, -0.15) is 0 Å². The molecule has 3 heterocycles. The molecule has 37 heavy (non-hydrogen) atoms. The number of nitrogens with two attached hydrogens (primary N) is 1. The summed E-state index contributed by atoms with van der Waals surface area (Å²) in [6.45, 7) is 8.24. The van der Waals surface area contributed by atoms with Gasteiger partial charge in [-0.3, -0.25) is 4.90 Å². The third kappa shape index (κ3) is 4.93. The Morgan fingerprint density at radius 3 is 2.22 bits per heavy atom. The quantitative estimate of drug-likeness (QED) is 0.375. The first-order chi connectivity index (χ1) is 18.2. The van der Waals surface area contributed by atoms with Gasteiger partial charge in [0.05, 0.1) is 5.39 Å². The van der Waals surface area contributed by atoms with Crippen LogP contribution in [0.2, 0.25) is 0 Å². The van der Waals surface area contributed by atoms with Gasteiger partial charge in [0.1, 0.15) is 29.3 Å². The van der Waals surface area contributed by atoms with Gasteiger partial charge in [0, 0.05) is 50.0 Å². The van der Waals surface area contributed by atoms with E-state index in [1.807, 2.05) is 42.5 Å². The molecule has 0 radical (unpaired) electrons. The van der Waals surface area contributed by atoms with Crippen molar-refractivity contribution in [3.05, 3.63) is 67.1 Å². The van der Waals surface area contributed by atoms with Gasteiger partial charge in [0.15, 0.2) is 0 Å². The third-order valence-electron chi connectivity index (χ3n) is 8.21. The summed E-state index contributed by atoms with van der Waals surface area (Å²) in [5.41, 5.74) is 9.52. The summed E-state index contributed by atoms with van der Waals surface area (Å²) in [6.07, 6.45) is 8.63. The molecule has 7 nitrogen and oxygen atoms in total. The van der Waals surface area contributed by atoms with E-state index in [2.05, 4.69) is 44.6 Å². The van der Waals surface area contributed by atoms with E-state index in [-0.39, 0.29) is 0 Å². The van der Waals surface area contributed by atoms with Gasteiger partial charge in [-0.15, -0.1) is 0 Å². The van der Waals surface area contributed by atoms with Gasteiger partial charge in [-0.1, -0.05) is 37.3 Å². The van der Waals surface area contributed by atoms with E-state index in [9.17, 15) is 0 Å². The van der Waals surface area contributed by atoms with Crippen molar-refractivity contribution in [2.75, 3.05) is 38.5 Å². The zero-order valence-electron chi connectivity index (χ0n) is 21.6. The summed E-state index contributed by atoms with van der Waals surface area (Å²) in [5, 5.41) is 0.942. The van der Waals surface area contributed by atoms with Crippen LogP contribution in [0, 0.1) is 0 Å². The van der Waals surface area contributed by atoms with Crippen LogP contribution in [0.1, 0.15) is 38.6 Å². The molecule has 7 heteroatoms. The van der Waals surface area contributed by atoms with Gasteiger partial charge >= 0.3 is 0 Å². The Kier molecular flexibility index (Phi) is 6.81. The highest BCUT2D eigenvalue weighted by atomic mass is 16.5. The van der Waals surface area contributed by atoms with Crippen LogP contribution in [0.15, 0.2) is 67.1 Å². The molecule has 2 aliphatic rings. The van der Waals surface area contributed by atoms with Crippen LogP contribution in [0.25, 0.3) is 22.2 Å². The van der Waals surface area contributed by atoms with Gasteiger partial charge in [0.2, 0.25) is 0 Å². The van der Waals surface area contributed by atoms with E-state index < -0.39 is 0 Å². The molecule has 2 N–H and O–H groups in total. The van der Waals surface area contributed by atoms with Gasteiger partial charge < -0.3 is 19.9 Å². The first-order valence-corrected chi connectivity index (χ1v) is 13.6. The Labute approximate surface area is 218 Å². The molecule has 1 saturated carbocycles. The Balaban J connectivity index is 1.21. The van der Waals surface area contributed by atoms with E-state index >= 15 is 0 Å². The molecular weight excluding hydrogens is 460 g/mol. The van der Waals surface area contributed by atoms with Crippen molar-refractivity contribution in [2.24, 2.45) is 0 Å². The standard InChI is InChI=1S/C30H36N6O/c1-2-34-16-18-35(19-17-34)23-10-12-24(13-11-23)36-20-27(28-29(31)32-21-33-30(28)36)22-8-14-26(15-9-22)37-25-6-4-3-5-7-25/h3-9,14-15,20-21,23-24H,2,10-13,16-19H2,1H3,(H2,31,32,33)/t23-,24+. The molecule has 0 spiro atoms. The van der Waals surface area contributed by atoms with Crippen LogP contribution in [0.5, 0.6) is 11.5 Å². The van der Waals surface area contributed by atoms with Crippen LogP contribution >= 0.6 is 0 Å². The summed E-state index contributed by atoms with van der Waals surface area (Å²) in [6, 6.07) is 19.2. The zero-order chi connectivity index (χ0) is 25.2. The van der Waals surface area contributed by atoms with Crippen LogP contribution in [-0.2, 0) is 0 Å². The average Bonchev–Trinajstić information content (AvgIpc) is 3.35. The number of hydrogen-bond donors (Lipinski definition) is 1. The van der Waals surface area contributed by atoms with Crippen molar-refractivity contribution in [1.82, 2.24) is 24.3 Å². The Hall–Kier alpha value is -3.42. The monoisotopic (exact) mass is 496 g/mol. The minimum Gasteiger partial charge on any atom is -0.457 e. The fourth-order valence-electron chi connectivity index (χ4n) is 6.08. The fourth-order valence-corrected chi connectivity index (χ4v) is 6.08. The molecule has 0 amide bonds. The van der Waals surface area contributed by atoms with Crippen molar-refractivity contribution < 1.29 is 4.74 Å². The second-order valence-electron chi connectivity index (χ2n) is 10.3. The van der Waals surface area contributed by atoms with E-state index in [4.69, 9.17) is 15.5 Å². The Morgan fingerprint density at radius 1 is 0.838 bits per heavy atom. The maximum atomic E-state index is 6.41. The van der Waals surface area contributed by atoms with Crippen molar-refractivity contribution >= 4 is 16.9 Å². The predicted octanol–water partition coefficient (Wildman–Crippen LogP) is 5.59. The number of nitrogen functional groups attached to an aromatic ring is 1. The minimum atomic E-state index is 0.430. The molecule has 2 aromatic heterocycles. The van der Waals surface area contributed by atoms with Crippen LogP contribution in [0.4, 0.5) is 5.82 Å². The normalized spacial score (nSPS) is 21.3. The van der Waals surface area contributed by atoms with Crippen molar-refractivity contribution in [2.45, 2.75) is 44.7 Å². The number of likely N-dealkylation sites (N-methyl/N-ethyl adjacent to an activating group) is 1.